The molecule has 1 amide bonds. The number of pyridine rings is 1. The van der Waals surface area contributed by atoms with Gasteiger partial charge in [-0.2, -0.15) is 5.26 Å². The standard InChI is InChI=1S/C12H15N5O/c1-9(18)16-4-6-17(7-5-16)12-11(14)10(8-13)2-3-15-12/h2-3H,4-7,14H2,1H3. The SMILES string of the molecule is CC(=O)N1CCN(c2nccc(C#N)c2N)CC1. The molecule has 0 aromatic carbocycles. The monoisotopic (exact) mass is 245 g/mol. The number of nitrogens with two attached hydrogens (primary N) is 1. The van der Waals surface area contributed by atoms with Crippen molar-refractivity contribution in [2.24, 2.45) is 0 Å². The maximum absolute atomic E-state index is 11.2. The number of nitriles is 1. The van der Waals surface area contributed by atoms with E-state index in [0.29, 0.717) is 43.2 Å². The van der Waals surface area contributed by atoms with Crippen molar-refractivity contribution in [1.82, 2.24) is 9.88 Å². The van der Waals surface area contributed by atoms with Crippen LogP contribution in [0.4, 0.5) is 11.5 Å². The summed E-state index contributed by atoms with van der Waals surface area (Å²) in [6.45, 7) is 4.26. The van der Waals surface area contributed by atoms with Crippen LogP contribution in [0.15, 0.2) is 12.3 Å². The number of anilines is 2. The van der Waals surface area contributed by atoms with E-state index >= 15 is 0 Å². The molecule has 6 heteroatoms. The zero-order valence-corrected chi connectivity index (χ0v) is 10.3. The number of aromatic nitrogens is 1. The molecule has 0 saturated carbocycles. The van der Waals surface area contributed by atoms with Gasteiger partial charge < -0.3 is 15.5 Å². The summed E-state index contributed by atoms with van der Waals surface area (Å²) in [5, 5.41) is 8.93. The minimum atomic E-state index is 0.0846. The molecule has 1 saturated heterocycles. The molecule has 1 aromatic heterocycles. The van der Waals surface area contributed by atoms with E-state index in [9.17, 15) is 4.79 Å². The van der Waals surface area contributed by atoms with Crippen LogP contribution in [0.25, 0.3) is 0 Å². The van der Waals surface area contributed by atoms with Crippen molar-refractivity contribution in [3.63, 3.8) is 0 Å². The van der Waals surface area contributed by atoms with E-state index < -0.39 is 0 Å². The van der Waals surface area contributed by atoms with Crippen LogP contribution in [-0.4, -0.2) is 42.0 Å². The van der Waals surface area contributed by atoms with Gasteiger partial charge in [-0.05, 0) is 6.07 Å². The Morgan fingerprint density at radius 1 is 1.44 bits per heavy atom. The van der Waals surface area contributed by atoms with Crippen LogP contribution in [-0.2, 0) is 4.79 Å². The second kappa shape index (κ2) is 4.92. The molecular formula is C12H15N5O. The average Bonchev–Trinajstić information content (AvgIpc) is 2.39. The van der Waals surface area contributed by atoms with Crippen molar-refractivity contribution < 1.29 is 4.79 Å². The van der Waals surface area contributed by atoms with Crippen molar-refractivity contribution in [3.8, 4) is 6.07 Å². The van der Waals surface area contributed by atoms with E-state index in [1.165, 1.54) is 0 Å². The number of nitrogen functional groups attached to an aromatic ring is 1. The molecule has 1 aromatic rings. The van der Waals surface area contributed by atoms with Crippen LogP contribution in [0, 0.1) is 11.3 Å². The second-order valence-corrected chi connectivity index (χ2v) is 4.20. The van der Waals surface area contributed by atoms with Crippen molar-refractivity contribution in [3.05, 3.63) is 17.8 Å². The predicted molar refractivity (Wildman–Crippen MR) is 67.8 cm³/mol. The van der Waals surface area contributed by atoms with E-state index in [2.05, 4.69) is 4.98 Å². The van der Waals surface area contributed by atoms with Crippen molar-refractivity contribution in [2.45, 2.75) is 6.92 Å². The van der Waals surface area contributed by atoms with Gasteiger partial charge in [0.1, 0.15) is 6.07 Å². The molecule has 2 heterocycles. The number of hydrogen-bond donors (Lipinski definition) is 1. The maximum atomic E-state index is 11.2. The summed E-state index contributed by atoms with van der Waals surface area (Å²) in [5.74, 6) is 0.721. The second-order valence-electron chi connectivity index (χ2n) is 4.20. The van der Waals surface area contributed by atoms with Gasteiger partial charge in [0, 0.05) is 39.3 Å². The van der Waals surface area contributed by atoms with Crippen molar-refractivity contribution >= 4 is 17.4 Å². The Balaban J connectivity index is 2.15. The minimum Gasteiger partial charge on any atom is -0.395 e. The van der Waals surface area contributed by atoms with Crippen LogP contribution in [0.3, 0.4) is 0 Å². The summed E-state index contributed by atoms with van der Waals surface area (Å²) in [4.78, 5) is 19.3. The van der Waals surface area contributed by atoms with Crippen LogP contribution in [0.1, 0.15) is 12.5 Å². The normalized spacial score (nSPS) is 15.3. The Bertz CT molecular complexity index is 500. The lowest BCUT2D eigenvalue weighted by atomic mass is 10.2. The number of carbonyl (C=O) groups is 1. The van der Waals surface area contributed by atoms with Gasteiger partial charge in [-0.1, -0.05) is 0 Å². The quantitative estimate of drug-likeness (QED) is 0.764. The average molecular weight is 245 g/mol. The molecule has 6 nitrogen and oxygen atoms in total. The van der Waals surface area contributed by atoms with Gasteiger partial charge in [-0.15, -0.1) is 0 Å². The van der Waals surface area contributed by atoms with Crippen molar-refractivity contribution in [2.75, 3.05) is 36.8 Å². The summed E-state index contributed by atoms with van der Waals surface area (Å²) in [6.07, 6.45) is 1.58. The predicted octanol–water partition coefficient (Wildman–Crippen LogP) is 0.204. The number of rotatable bonds is 1. The largest absolute Gasteiger partial charge is 0.395 e. The molecule has 1 aliphatic heterocycles. The minimum absolute atomic E-state index is 0.0846. The molecule has 0 unspecified atom stereocenters. The highest BCUT2D eigenvalue weighted by Gasteiger charge is 2.21. The summed E-state index contributed by atoms with van der Waals surface area (Å²) in [7, 11) is 0. The van der Waals surface area contributed by atoms with Gasteiger partial charge in [0.15, 0.2) is 5.82 Å². The third-order valence-corrected chi connectivity index (χ3v) is 3.11. The highest BCUT2D eigenvalue weighted by Crippen LogP contribution is 2.24. The van der Waals surface area contributed by atoms with Crippen LogP contribution >= 0.6 is 0 Å². The van der Waals surface area contributed by atoms with Crippen molar-refractivity contribution in [1.29, 1.82) is 5.26 Å². The first kappa shape index (κ1) is 12.2. The molecule has 94 valence electrons. The van der Waals surface area contributed by atoms with Crippen LogP contribution in [0.2, 0.25) is 0 Å². The molecule has 0 aliphatic carbocycles. The molecule has 0 bridgehead atoms. The van der Waals surface area contributed by atoms with Gasteiger partial charge >= 0.3 is 0 Å². The Labute approximate surface area is 106 Å². The number of hydrogen-bond acceptors (Lipinski definition) is 5. The lowest BCUT2D eigenvalue weighted by Gasteiger charge is -2.35. The molecule has 2 rings (SSSR count). The topological polar surface area (TPSA) is 86.2 Å². The summed E-state index contributed by atoms with van der Waals surface area (Å²) in [5.41, 5.74) is 6.76. The maximum Gasteiger partial charge on any atom is 0.219 e. The number of nitrogens with zero attached hydrogens (tertiary/aromatic N) is 4. The number of piperazine rings is 1. The molecule has 0 spiro atoms. The summed E-state index contributed by atoms with van der Waals surface area (Å²) in [6, 6.07) is 3.65. The van der Waals surface area contributed by atoms with Gasteiger partial charge in [-0.25, -0.2) is 4.98 Å². The highest BCUT2D eigenvalue weighted by atomic mass is 16.2. The van der Waals surface area contributed by atoms with Crippen LogP contribution in [0.5, 0.6) is 0 Å². The fourth-order valence-corrected chi connectivity index (χ4v) is 2.04. The Morgan fingerprint density at radius 3 is 2.67 bits per heavy atom. The Morgan fingerprint density at radius 2 is 2.11 bits per heavy atom. The van der Waals surface area contributed by atoms with E-state index in [4.69, 9.17) is 11.0 Å². The first-order valence-electron chi connectivity index (χ1n) is 5.78. The highest BCUT2D eigenvalue weighted by molar-refractivity contribution is 5.74. The fraction of sp³-hybridized carbons (Fsp3) is 0.417. The molecule has 0 radical (unpaired) electrons. The lowest BCUT2D eigenvalue weighted by Crippen LogP contribution is -2.48. The number of amides is 1. The zero-order valence-electron chi connectivity index (χ0n) is 10.3. The van der Waals surface area contributed by atoms with E-state index in [1.807, 2.05) is 11.0 Å². The molecule has 2 N–H and O–H groups in total. The first-order chi connectivity index (χ1) is 8.63. The molecule has 0 atom stereocenters. The molecule has 18 heavy (non-hydrogen) atoms. The summed E-state index contributed by atoms with van der Waals surface area (Å²) >= 11 is 0. The molecule has 1 aliphatic rings. The van der Waals surface area contributed by atoms with Gasteiger partial charge in [0.25, 0.3) is 0 Å². The molecule has 1 fully saturated rings. The van der Waals surface area contributed by atoms with E-state index in [0.717, 1.165) is 0 Å². The number of carbonyl (C=O) groups excluding carboxylic acids is 1. The van der Waals surface area contributed by atoms with E-state index in [-0.39, 0.29) is 5.91 Å². The smallest absolute Gasteiger partial charge is 0.219 e. The summed E-state index contributed by atoms with van der Waals surface area (Å²) < 4.78 is 0. The lowest BCUT2D eigenvalue weighted by molar-refractivity contribution is -0.129. The van der Waals surface area contributed by atoms with Gasteiger partial charge in [0.2, 0.25) is 5.91 Å². The van der Waals surface area contributed by atoms with E-state index in [1.54, 1.807) is 24.1 Å². The van der Waals surface area contributed by atoms with Gasteiger partial charge in [0.05, 0.1) is 11.3 Å². The first-order valence-corrected chi connectivity index (χ1v) is 5.78. The molecular weight excluding hydrogens is 230 g/mol. The Kier molecular flexibility index (Phi) is 3.33. The third kappa shape index (κ3) is 2.20. The van der Waals surface area contributed by atoms with Gasteiger partial charge in [-0.3, -0.25) is 4.79 Å². The fourth-order valence-electron chi connectivity index (χ4n) is 2.04. The van der Waals surface area contributed by atoms with Crippen LogP contribution < -0.4 is 10.6 Å². The zero-order chi connectivity index (χ0) is 13.1. The third-order valence-electron chi connectivity index (χ3n) is 3.11. The Hall–Kier alpha value is -2.29.